The summed E-state index contributed by atoms with van der Waals surface area (Å²) in [6.07, 6.45) is -0.252. The van der Waals surface area contributed by atoms with Crippen molar-refractivity contribution in [2.24, 2.45) is 0 Å². The van der Waals surface area contributed by atoms with Crippen molar-refractivity contribution in [1.82, 2.24) is 10.6 Å². The summed E-state index contributed by atoms with van der Waals surface area (Å²) in [4.78, 5) is 67.7. The van der Waals surface area contributed by atoms with E-state index in [4.69, 9.17) is 4.74 Å². The number of ether oxygens (including phenoxy) is 1. The first-order chi connectivity index (χ1) is 19.6. The van der Waals surface area contributed by atoms with Gasteiger partial charge in [0.1, 0.15) is 18.2 Å². The maximum Gasteiger partial charge on any atom is 0.312 e. The number of carbonyl (C=O) groups is 5. The molecule has 3 rings (SSSR count). The Bertz CT molecular complexity index is 1400. The summed E-state index contributed by atoms with van der Waals surface area (Å²) in [5.41, 5.74) is 2.53. The monoisotopic (exact) mass is 578 g/mol. The zero-order valence-corrected chi connectivity index (χ0v) is 24.9. The van der Waals surface area contributed by atoms with Gasteiger partial charge in [-0.3, -0.25) is 28.9 Å². The van der Waals surface area contributed by atoms with Crippen LogP contribution in [0.1, 0.15) is 61.2 Å². The number of hydrogen-bond donors (Lipinski definition) is 3. The van der Waals surface area contributed by atoms with E-state index in [2.05, 4.69) is 17.2 Å². The van der Waals surface area contributed by atoms with Crippen molar-refractivity contribution in [3.05, 3.63) is 70.9 Å². The van der Waals surface area contributed by atoms with Crippen LogP contribution in [0, 0.1) is 13.8 Å². The first-order valence-electron chi connectivity index (χ1n) is 13.5. The van der Waals surface area contributed by atoms with Crippen molar-refractivity contribution < 1.29 is 33.8 Å². The number of amides is 4. The second-order valence-corrected chi connectivity index (χ2v) is 11.2. The first-order valence-corrected chi connectivity index (χ1v) is 13.5. The third-order valence-corrected chi connectivity index (χ3v) is 6.59. The number of anilines is 2. The highest BCUT2D eigenvalue weighted by Crippen LogP contribution is 2.33. The summed E-state index contributed by atoms with van der Waals surface area (Å²) in [5.74, 6) is -2.70. The molecule has 0 aliphatic carbocycles. The summed E-state index contributed by atoms with van der Waals surface area (Å²) >= 11 is 0. The van der Waals surface area contributed by atoms with E-state index >= 15 is 0 Å². The molecule has 0 aromatic heterocycles. The van der Waals surface area contributed by atoms with Crippen molar-refractivity contribution in [1.29, 1.82) is 0 Å². The topological polar surface area (TPSA) is 145 Å². The molecule has 1 heterocycles. The minimum atomic E-state index is -1.19. The molecule has 3 N–H and O–H groups in total. The number of fused-ring (bicyclic) bond motifs is 1. The van der Waals surface area contributed by atoms with E-state index in [1.807, 2.05) is 0 Å². The van der Waals surface area contributed by atoms with Gasteiger partial charge in [-0.25, -0.2) is 0 Å². The molecule has 0 bridgehead atoms. The van der Waals surface area contributed by atoms with Crippen LogP contribution in [0.5, 0.6) is 0 Å². The predicted octanol–water partition coefficient (Wildman–Crippen LogP) is 2.66. The highest BCUT2D eigenvalue weighted by molar-refractivity contribution is 6.10. The number of carbonyl (C=O) groups excluding carboxylic acids is 5. The number of para-hydroxylation sites is 2. The standard InChI is InChI=1S/C31H38N4O7/c1-18-12-22(13-19(2)23(18)17-36)29(40)33-24-15-34(21(4)37)25-10-8-9-11-26(25)35(30(24)41)16-27(38)32-20(3)14-28(39)42-31(5,6)7/h8-13,24,36H,3,14-17H2,1-2,4-7H3,(H,32,38)(H,33,40)/t24-/m0/s1. The second-order valence-electron chi connectivity index (χ2n) is 11.2. The van der Waals surface area contributed by atoms with Crippen LogP contribution in [-0.2, 0) is 30.5 Å². The Hall–Kier alpha value is -4.51. The smallest absolute Gasteiger partial charge is 0.312 e. The fraction of sp³-hybridized carbons (Fsp3) is 0.387. The van der Waals surface area contributed by atoms with Crippen LogP contribution in [0.3, 0.4) is 0 Å². The third-order valence-electron chi connectivity index (χ3n) is 6.59. The lowest BCUT2D eigenvalue weighted by molar-refractivity contribution is -0.154. The number of aryl methyl sites for hydroxylation is 2. The van der Waals surface area contributed by atoms with Crippen LogP contribution in [0.4, 0.5) is 11.4 Å². The molecule has 0 saturated heterocycles. The molecule has 2 aromatic rings. The number of aliphatic hydroxyl groups is 1. The molecular formula is C31H38N4O7. The van der Waals surface area contributed by atoms with Crippen molar-refractivity contribution in [3.8, 4) is 0 Å². The van der Waals surface area contributed by atoms with Gasteiger partial charge in [-0.1, -0.05) is 18.7 Å². The SMILES string of the molecule is C=C(CC(=O)OC(C)(C)C)NC(=O)CN1C(=O)[C@@H](NC(=O)c2cc(C)c(CO)c(C)c2)CN(C(C)=O)c2ccccc21. The van der Waals surface area contributed by atoms with Gasteiger partial charge in [-0.05, 0) is 75.6 Å². The van der Waals surface area contributed by atoms with Crippen molar-refractivity contribution in [2.45, 2.75) is 66.2 Å². The van der Waals surface area contributed by atoms with Gasteiger partial charge < -0.3 is 25.4 Å². The van der Waals surface area contributed by atoms with Gasteiger partial charge in [0.05, 0.1) is 30.9 Å². The highest BCUT2D eigenvalue weighted by atomic mass is 16.6. The van der Waals surface area contributed by atoms with E-state index in [9.17, 15) is 29.1 Å². The van der Waals surface area contributed by atoms with E-state index in [0.717, 1.165) is 11.1 Å². The molecule has 0 radical (unpaired) electrons. The Morgan fingerprint density at radius 3 is 2.21 bits per heavy atom. The Balaban J connectivity index is 1.88. The van der Waals surface area contributed by atoms with Crippen molar-refractivity contribution in [3.63, 3.8) is 0 Å². The Labute approximate surface area is 245 Å². The number of hydrogen-bond acceptors (Lipinski definition) is 7. The molecule has 0 spiro atoms. The van der Waals surface area contributed by atoms with Crippen molar-refractivity contribution >= 4 is 41.0 Å². The number of aliphatic hydroxyl groups excluding tert-OH is 1. The molecule has 4 amide bonds. The molecule has 1 aliphatic rings. The summed E-state index contributed by atoms with van der Waals surface area (Å²) < 4.78 is 5.26. The third kappa shape index (κ3) is 7.82. The van der Waals surface area contributed by atoms with Crippen LogP contribution >= 0.6 is 0 Å². The summed E-state index contributed by atoms with van der Waals surface area (Å²) in [7, 11) is 0. The summed E-state index contributed by atoms with van der Waals surface area (Å²) in [6.45, 7) is 13.0. The molecule has 1 aliphatic heterocycles. The largest absolute Gasteiger partial charge is 0.460 e. The molecule has 0 fully saturated rings. The predicted molar refractivity (Wildman–Crippen MR) is 158 cm³/mol. The maximum atomic E-state index is 13.9. The molecule has 0 unspecified atom stereocenters. The van der Waals surface area contributed by atoms with E-state index in [-0.39, 0.29) is 36.7 Å². The highest BCUT2D eigenvalue weighted by Gasteiger charge is 2.37. The number of nitrogens with one attached hydrogen (secondary N) is 2. The molecule has 0 saturated carbocycles. The molecular weight excluding hydrogens is 540 g/mol. The average Bonchev–Trinajstić information content (AvgIpc) is 2.97. The minimum Gasteiger partial charge on any atom is -0.460 e. The fourth-order valence-corrected chi connectivity index (χ4v) is 4.75. The van der Waals surface area contributed by atoms with E-state index in [1.165, 1.54) is 16.7 Å². The van der Waals surface area contributed by atoms with Gasteiger partial charge in [-0.2, -0.15) is 0 Å². The molecule has 42 heavy (non-hydrogen) atoms. The number of nitrogens with zero attached hydrogens (tertiary/aromatic N) is 2. The van der Waals surface area contributed by atoms with Gasteiger partial charge >= 0.3 is 5.97 Å². The lowest BCUT2D eigenvalue weighted by Crippen LogP contribution is -2.54. The van der Waals surface area contributed by atoms with E-state index < -0.39 is 41.9 Å². The Morgan fingerprint density at radius 2 is 1.67 bits per heavy atom. The summed E-state index contributed by atoms with van der Waals surface area (Å²) in [5, 5.41) is 14.9. The quantitative estimate of drug-likeness (QED) is 0.409. The second kappa shape index (κ2) is 13.0. The van der Waals surface area contributed by atoms with Gasteiger partial charge in [0.2, 0.25) is 11.8 Å². The van der Waals surface area contributed by atoms with Gasteiger partial charge in [0, 0.05) is 18.2 Å². The average molecular weight is 579 g/mol. The maximum absolute atomic E-state index is 13.9. The first kappa shape index (κ1) is 32.0. The molecule has 11 heteroatoms. The van der Waals surface area contributed by atoms with Crippen LogP contribution in [0.25, 0.3) is 0 Å². The Morgan fingerprint density at radius 1 is 1.07 bits per heavy atom. The number of esters is 1. The van der Waals surface area contributed by atoms with Crippen molar-refractivity contribution in [2.75, 3.05) is 22.9 Å². The van der Waals surface area contributed by atoms with Crippen LogP contribution in [0.2, 0.25) is 0 Å². The van der Waals surface area contributed by atoms with Crippen LogP contribution in [0.15, 0.2) is 48.7 Å². The lowest BCUT2D eigenvalue weighted by Gasteiger charge is -2.25. The summed E-state index contributed by atoms with van der Waals surface area (Å²) in [6, 6.07) is 8.68. The number of benzene rings is 2. The van der Waals surface area contributed by atoms with Gasteiger partial charge in [-0.15, -0.1) is 0 Å². The Kier molecular flexibility index (Phi) is 9.90. The molecule has 224 valence electrons. The lowest BCUT2D eigenvalue weighted by atomic mass is 9.99. The minimum absolute atomic E-state index is 0.0945. The van der Waals surface area contributed by atoms with Crippen LogP contribution in [-0.4, -0.2) is 59.4 Å². The fourth-order valence-electron chi connectivity index (χ4n) is 4.75. The van der Waals surface area contributed by atoms with Crippen LogP contribution < -0.4 is 20.4 Å². The normalized spacial score (nSPS) is 14.9. The molecule has 11 nitrogen and oxygen atoms in total. The zero-order valence-electron chi connectivity index (χ0n) is 24.9. The number of rotatable bonds is 8. The molecule has 2 aromatic carbocycles. The zero-order chi connectivity index (χ0) is 31.4. The molecule has 1 atom stereocenters. The van der Waals surface area contributed by atoms with E-state index in [0.29, 0.717) is 16.9 Å². The van der Waals surface area contributed by atoms with E-state index in [1.54, 1.807) is 71.0 Å². The van der Waals surface area contributed by atoms with Gasteiger partial charge in [0.25, 0.3) is 11.8 Å². The van der Waals surface area contributed by atoms with Gasteiger partial charge in [0.15, 0.2) is 0 Å².